The van der Waals surface area contributed by atoms with E-state index in [2.05, 4.69) is 21.0 Å². The number of hydrogen-bond acceptors (Lipinski definition) is 3. The van der Waals surface area contributed by atoms with Gasteiger partial charge in [0.25, 0.3) is 5.56 Å². The number of benzene rings is 2. The van der Waals surface area contributed by atoms with E-state index < -0.39 is 11.1 Å². The number of aromatic nitrogens is 2. The Labute approximate surface area is 150 Å². The fourth-order valence-electron chi connectivity index (χ4n) is 2.49. The van der Waals surface area contributed by atoms with E-state index in [1.165, 1.54) is 6.07 Å². The van der Waals surface area contributed by atoms with Gasteiger partial charge in [0, 0.05) is 15.4 Å². The van der Waals surface area contributed by atoms with Crippen molar-refractivity contribution in [1.29, 1.82) is 0 Å². The third-order valence-corrected chi connectivity index (χ3v) is 4.21. The molecule has 0 aliphatic heterocycles. The summed E-state index contributed by atoms with van der Waals surface area (Å²) in [5.74, 6) is -0.443. The van der Waals surface area contributed by atoms with Crippen molar-refractivity contribution < 1.29 is 9.18 Å². The second kappa shape index (κ2) is 6.83. The molecule has 1 heterocycles. The Balaban J connectivity index is 2.15. The van der Waals surface area contributed by atoms with Gasteiger partial charge in [-0.05, 0) is 29.8 Å². The molecule has 0 saturated heterocycles. The van der Waals surface area contributed by atoms with Crippen LogP contribution in [0.15, 0.2) is 51.7 Å². The number of halogens is 3. The average Bonchev–Trinajstić information content (AvgIpc) is 2.54. The number of nitrogens with zero attached hydrogens (tertiary/aromatic N) is 2. The Bertz CT molecular complexity index is 1000. The zero-order chi connectivity index (χ0) is 17.3. The van der Waals surface area contributed by atoms with E-state index in [1.807, 2.05) is 0 Å². The van der Waals surface area contributed by atoms with Gasteiger partial charge in [-0.1, -0.05) is 40.2 Å². The number of fused-ring (bicyclic) bond motifs is 1. The highest BCUT2D eigenvalue weighted by molar-refractivity contribution is 9.10. The number of carbonyl (C=O) groups is 1. The molecule has 0 unspecified atom stereocenters. The van der Waals surface area contributed by atoms with Crippen LogP contribution in [-0.2, 0) is 17.8 Å². The van der Waals surface area contributed by atoms with Gasteiger partial charge in [0.1, 0.15) is 5.82 Å². The number of carbonyl (C=O) groups excluding carboxylic acids is 1. The first kappa shape index (κ1) is 16.8. The van der Waals surface area contributed by atoms with Crippen molar-refractivity contribution in [2.24, 2.45) is 0 Å². The van der Waals surface area contributed by atoms with Gasteiger partial charge in [-0.15, -0.1) is 0 Å². The Hall–Kier alpha value is -2.05. The molecule has 0 bridgehead atoms. The van der Waals surface area contributed by atoms with Gasteiger partial charge in [0.05, 0.1) is 24.0 Å². The third kappa shape index (κ3) is 3.39. The highest BCUT2D eigenvalue weighted by atomic mass is 79.9. The molecule has 0 fully saturated rings. The van der Waals surface area contributed by atoms with E-state index >= 15 is 0 Å². The molecule has 0 amide bonds. The van der Waals surface area contributed by atoms with Crippen molar-refractivity contribution >= 4 is 43.5 Å². The summed E-state index contributed by atoms with van der Waals surface area (Å²) in [6.45, 7) is -0.0355. The zero-order valence-electron chi connectivity index (χ0n) is 12.3. The summed E-state index contributed by atoms with van der Waals surface area (Å²) >= 11 is 8.67. The summed E-state index contributed by atoms with van der Waals surface area (Å²) < 4.78 is 15.8. The molecule has 0 spiro atoms. The molecule has 0 aliphatic rings. The fourth-order valence-corrected chi connectivity index (χ4v) is 2.95. The minimum atomic E-state index is -0.576. The van der Waals surface area contributed by atoms with Crippen LogP contribution in [0.2, 0.25) is 0 Å². The van der Waals surface area contributed by atoms with Gasteiger partial charge in [0.2, 0.25) is 5.24 Å². The molecular formula is C17H11BrClFN2O2. The van der Waals surface area contributed by atoms with Gasteiger partial charge in [-0.3, -0.25) is 9.59 Å². The van der Waals surface area contributed by atoms with Gasteiger partial charge >= 0.3 is 0 Å². The molecule has 3 aromatic rings. The normalized spacial score (nSPS) is 11.0. The molecule has 0 atom stereocenters. The lowest BCUT2D eigenvalue weighted by atomic mass is 10.1. The maximum Gasteiger partial charge on any atom is 0.274 e. The average molecular weight is 410 g/mol. The van der Waals surface area contributed by atoms with E-state index in [9.17, 15) is 14.0 Å². The molecule has 122 valence electrons. The lowest BCUT2D eigenvalue weighted by Gasteiger charge is -2.11. The van der Waals surface area contributed by atoms with Crippen LogP contribution in [0, 0.1) is 5.82 Å². The Morgan fingerprint density at radius 2 is 1.92 bits per heavy atom. The molecule has 1 aromatic heterocycles. The minimum absolute atomic E-state index is 0.0355. The van der Waals surface area contributed by atoms with Gasteiger partial charge < -0.3 is 0 Å². The van der Waals surface area contributed by atoms with E-state index in [0.717, 1.165) is 4.68 Å². The lowest BCUT2D eigenvalue weighted by Crippen LogP contribution is -2.26. The van der Waals surface area contributed by atoms with E-state index in [0.29, 0.717) is 26.5 Å². The monoisotopic (exact) mass is 408 g/mol. The van der Waals surface area contributed by atoms with Crippen LogP contribution in [0.3, 0.4) is 0 Å². The number of rotatable bonds is 4. The van der Waals surface area contributed by atoms with E-state index in [1.54, 1.807) is 36.4 Å². The Morgan fingerprint density at radius 3 is 2.58 bits per heavy atom. The summed E-state index contributed by atoms with van der Waals surface area (Å²) in [5, 5.41) is 4.63. The van der Waals surface area contributed by atoms with Gasteiger partial charge in [-0.25, -0.2) is 9.07 Å². The Morgan fingerprint density at radius 1 is 1.21 bits per heavy atom. The summed E-state index contributed by atoms with van der Waals surface area (Å²) in [4.78, 5) is 23.9. The van der Waals surface area contributed by atoms with Gasteiger partial charge in [0.15, 0.2) is 0 Å². The first-order valence-corrected chi connectivity index (χ1v) is 8.24. The molecule has 3 rings (SSSR count). The molecule has 0 radical (unpaired) electrons. The summed E-state index contributed by atoms with van der Waals surface area (Å²) in [5.41, 5.74) is 0.368. The highest BCUT2D eigenvalue weighted by Gasteiger charge is 2.14. The van der Waals surface area contributed by atoms with Crippen LogP contribution >= 0.6 is 27.5 Å². The second-order valence-corrected chi connectivity index (χ2v) is 6.56. The molecule has 2 aromatic carbocycles. The predicted octanol–water partition coefficient (Wildman–Crippen LogP) is 3.65. The van der Waals surface area contributed by atoms with Gasteiger partial charge in [-0.2, -0.15) is 5.10 Å². The van der Waals surface area contributed by atoms with E-state index in [4.69, 9.17) is 11.6 Å². The van der Waals surface area contributed by atoms with Crippen molar-refractivity contribution in [3.8, 4) is 0 Å². The Kier molecular flexibility index (Phi) is 4.78. The minimum Gasteiger partial charge on any atom is -0.281 e. The predicted molar refractivity (Wildman–Crippen MR) is 93.8 cm³/mol. The maximum absolute atomic E-state index is 14.0. The van der Waals surface area contributed by atoms with Crippen molar-refractivity contribution in [2.45, 2.75) is 13.0 Å². The van der Waals surface area contributed by atoms with Crippen molar-refractivity contribution in [3.63, 3.8) is 0 Å². The maximum atomic E-state index is 14.0. The molecule has 0 N–H and O–H groups in total. The largest absolute Gasteiger partial charge is 0.281 e. The SMILES string of the molecule is O=C(Cl)Cc1nn(Cc2ccc(Br)cc2F)c(=O)c2ccccc12. The quantitative estimate of drug-likeness (QED) is 0.618. The van der Waals surface area contributed by atoms with E-state index in [-0.39, 0.29) is 18.5 Å². The fraction of sp³-hybridized carbons (Fsp3) is 0.118. The highest BCUT2D eigenvalue weighted by Crippen LogP contribution is 2.18. The summed E-state index contributed by atoms with van der Waals surface area (Å²) in [6.07, 6.45) is -0.106. The van der Waals surface area contributed by atoms with Crippen LogP contribution in [0.25, 0.3) is 10.8 Å². The molecular weight excluding hydrogens is 399 g/mol. The zero-order valence-corrected chi connectivity index (χ0v) is 14.6. The smallest absolute Gasteiger partial charge is 0.274 e. The lowest BCUT2D eigenvalue weighted by molar-refractivity contribution is -0.111. The van der Waals surface area contributed by atoms with Crippen molar-refractivity contribution in [3.05, 3.63) is 74.4 Å². The first-order chi connectivity index (χ1) is 11.5. The second-order valence-electron chi connectivity index (χ2n) is 5.22. The third-order valence-electron chi connectivity index (χ3n) is 3.59. The number of hydrogen-bond donors (Lipinski definition) is 0. The van der Waals surface area contributed by atoms with Crippen LogP contribution in [0.4, 0.5) is 4.39 Å². The molecule has 0 aliphatic carbocycles. The standard InChI is InChI=1S/C17H11BrClFN2O2/c18-11-6-5-10(14(20)7-11)9-22-17(24)13-4-2-1-3-12(13)15(21-22)8-16(19)23/h1-7H,8-9H2. The molecule has 4 nitrogen and oxygen atoms in total. The molecule has 7 heteroatoms. The van der Waals surface area contributed by atoms with Crippen LogP contribution < -0.4 is 5.56 Å². The summed E-state index contributed by atoms with van der Waals surface area (Å²) in [7, 11) is 0. The van der Waals surface area contributed by atoms with Crippen molar-refractivity contribution in [2.75, 3.05) is 0 Å². The summed E-state index contributed by atoms with van der Waals surface area (Å²) in [6, 6.07) is 11.4. The topological polar surface area (TPSA) is 52.0 Å². The molecule has 24 heavy (non-hydrogen) atoms. The van der Waals surface area contributed by atoms with Crippen molar-refractivity contribution in [1.82, 2.24) is 9.78 Å². The first-order valence-electron chi connectivity index (χ1n) is 7.06. The molecule has 0 saturated carbocycles. The van der Waals surface area contributed by atoms with Crippen LogP contribution in [0.1, 0.15) is 11.3 Å². The van der Waals surface area contributed by atoms with Crippen LogP contribution in [-0.4, -0.2) is 15.0 Å². The van der Waals surface area contributed by atoms with Crippen LogP contribution in [0.5, 0.6) is 0 Å².